The quantitative estimate of drug-likeness (QED) is 0.622. The zero-order valence-electron chi connectivity index (χ0n) is 14.8. The van der Waals surface area contributed by atoms with E-state index in [9.17, 15) is 9.90 Å². The van der Waals surface area contributed by atoms with Crippen LogP contribution in [0.25, 0.3) is 0 Å². The molecule has 6 nitrogen and oxygen atoms in total. The Morgan fingerprint density at radius 2 is 2.27 bits per heavy atom. The largest absolute Gasteiger partial charge is 0.479 e. The first-order valence-corrected chi connectivity index (χ1v) is 9.47. The van der Waals surface area contributed by atoms with Gasteiger partial charge < -0.3 is 19.4 Å². The van der Waals surface area contributed by atoms with Gasteiger partial charge >= 0.3 is 5.97 Å². The van der Waals surface area contributed by atoms with Crippen LogP contribution in [0.2, 0.25) is 5.02 Å². The summed E-state index contributed by atoms with van der Waals surface area (Å²) in [7, 11) is 0. The lowest BCUT2D eigenvalue weighted by Crippen LogP contribution is -2.30. The molecule has 2 atom stereocenters. The van der Waals surface area contributed by atoms with Crippen molar-refractivity contribution >= 4 is 23.3 Å². The summed E-state index contributed by atoms with van der Waals surface area (Å²) in [5, 5.41) is 14.1. The predicted octanol–water partition coefficient (Wildman–Crippen LogP) is 3.89. The third kappa shape index (κ3) is 4.89. The van der Waals surface area contributed by atoms with Gasteiger partial charge in [0, 0.05) is 17.2 Å². The van der Waals surface area contributed by atoms with E-state index in [1.54, 1.807) is 18.2 Å². The number of nitrogens with zero attached hydrogens (tertiary/aromatic N) is 1. The molecule has 1 fully saturated rings. The molecule has 142 valence electrons. The molecule has 1 aromatic rings. The third-order valence-electron chi connectivity index (χ3n) is 4.52. The van der Waals surface area contributed by atoms with Gasteiger partial charge in [-0.05, 0) is 37.0 Å². The number of ether oxygens (including phenoxy) is 2. The van der Waals surface area contributed by atoms with Crippen LogP contribution in [0.3, 0.4) is 0 Å². The minimum atomic E-state index is -0.960. The van der Waals surface area contributed by atoms with Crippen LogP contribution in [0, 0.1) is 5.92 Å². The highest BCUT2D eigenvalue weighted by atomic mass is 35.5. The second kappa shape index (κ2) is 8.73. The first kappa shape index (κ1) is 19.0. The van der Waals surface area contributed by atoms with Gasteiger partial charge in [0.05, 0.1) is 0 Å². The van der Waals surface area contributed by atoms with Gasteiger partial charge in [0.2, 0.25) is 0 Å². The molecule has 7 heteroatoms. The number of carboxylic acids is 1. The van der Waals surface area contributed by atoms with E-state index in [4.69, 9.17) is 25.9 Å². The van der Waals surface area contributed by atoms with Gasteiger partial charge in [0.1, 0.15) is 24.2 Å². The zero-order chi connectivity index (χ0) is 18.5. The number of unbranched alkanes of at least 4 members (excludes halogenated alkanes) is 1. The molecule has 0 radical (unpaired) electrons. The molecule has 26 heavy (non-hydrogen) atoms. The van der Waals surface area contributed by atoms with Crippen molar-refractivity contribution in [3.63, 3.8) is 0 Å². The first-order chi connectivity index (χ1) is 12.6. The van der Waals surface area contributed by atoms with Crippen molar-refractivity contribution < 1.29 is 24.2 Å². The number of rotatable bonds is 10. The SMILES string of the molecule is CCCCOC1CON=C1c1cc(Cl)ccc1O[C@@H](CC1CC1)C(=O)O. The molecule has 1 heterocycles. The van der Waals surface area contributed by atoms with E-state index in [1.165, 1.54) is 0 Å². The van der Waals surface area contributed by atoms with Crippen molar-refractivity contribution in [1.82, 2.24) is 0 Å². The van der Waals surface area contributed by atoms with Crippen molar-refractivity contribution in [3.8, 4) is 5.75 Å². The number of carbonyl (C=O) groups is 1. The second-order valence-electron chi connectivity index (χ2n) is 6.75. The number of benzene rings is 1. The molecule has 1 saturated carbocycles. The van der Waals surface area contributed by atoms with Crippen LogP contribution in [0.15, 0.2) is 23.4 Å². The predicted molar refractivity (Wildman–Crippen MR) is 98.0 cm³/mol. The summed E-state index contributed by atoms with van der Waals surface area (Å²) in [4.78, 5) is 16.8. The van der Waals surface area contributed by atoms with Crippen LogP contribution in [0.1, 0.15) is 44.6 Å². The minimum absolute atomic E-state index is 0.311. The Morgan fingerprint density at radius 3 is 2.96 bits per heavy atom. The normalized spacial score (nSPS) is 20.4. The highest BCUT2D eigenvalue weighted by molar-refractivity contribution is 6.31. The number of oxime groups is 1. The summed E-state index contributed by atoms with van der Waals surface area (Å²) < 4.78 is 11.7. The molecular formula is C19H24ClNO5. The van der Waals surface area contributed by atoms with Crippen LogP contribution < -0.4 is 4.74 Å². The Balaban J connectivity index is 1.79. The molecule has 0 saturated heterocycles. The van der Waals surface area contributed by atoms with E-state index < -0.39 is 12.1 Å². The monoisotopic (exact) mass is 381 g/mol. The topological polar surface area (TPSA) is 77.3 Å². The van der Waals surface area contributed by atoms with Gasteiger partial charge in [-0.1, -0.05) is 42.9 Å². The van der Waals surface area contributed by atoms with Crippen LogP contribution in [-0.2, 0) is 14.4 Å². The Hall–Kier alpha value is -1.79. The minimum Gasteiger partial charge on any atom is -0.479 e. The standard InChI is InChI=1S/C19H24ClNO5/c1-2-3-8-24-17-11-25-21-18(17)14-10-13(20)6-7-15(14)26-16(19(22)23)9-12-4-5-12/h6-7,10,12,16-17H,2-5,8-9,11H2,1H3,(H,22,23)/t16-,17?/m0/s1. The molecule has 0 bridgehead atoms. The Kier molecular flexibility index (Phi) is 6.38. The fourth-order valence-electron chi connectivity index (χ4n) is 2.85. The van der Waals surface area contributed by atoms with E-state index in [-0.39, 0.29) is 6.10 Å². The number of hydrogen-bond donors (Lipinski definition) is 1. The summed E-state index contributed by atoms with van der Waals surface area (Å²) >= 11 is 6.15. The lowest BCUT2D eigenvalue weighted by molar-refractivity contribution is -0.145. The summed E-state index contributed by atoms with van der Waals surface area (Å²) in [5.74, 6) is -0.0851. The summed E-state index contributed by atoms with van der Waals surface area (Å²) in [6.07, 6.45) is 3.43. The Labute approximate surface area is 158 Å². The lowest BCUT2D eigenvalue weighted by atomic mass is 10.0. The van der Waals surface area contributed by atoms with E-state index in [0.29, 0.717) is 47.6 Å². The maximum Gasteiger partial charge on any atom is 0.344 e. The Bertz CT molecular complexity index is 674. The van der Waals surface area contributed by atoms with Crippen LogP contribution in [0.5, 0.6) is 5.75 Å². The summed E-state index contributed by atoms with van der Waals surface area (Å²) in [5.41, 5.74) is 1.22. The van der Waals surface area contributed by atoms with Gasteiger partial charge in [0.15, 0.2) is 6.10 Å². The van der Waals surface area contributed by atoms with Gasteiger partial charge in [-0.25, -0.2) is 4.79 Å². The number of hydrogen-bond acceptors (Lipinski definition) is 5. The molecule has 1 unspecified atom stereocenters. The number of carboxylic acid groups (broad SMARTS) is 1. The maximum atomic E-state index is 11.6. The molecule has 1 N–H and O–H groups in total. The molecule has 2 aliphatic rings. The highest BCUT2D eigenvalue weighted by Crippen LogP contribution is 2.35. The van der Waals surface area contributed by atoms with Gasteiger partial charge in [-0.15, -0.1) is 0 Å². The summed E-state index contributed by atoms with van der Waals surface area (Å²) in [6, 6.07) is 5.08. The fourth-order valence-corrected chi connectivity index (χ4v) is 3.02. The second-order valence-corrected chi connectivity index (χ2v) is 7.19. The first-order valence-electron chi connectivity index (χ1n) is 9.09. The maximum absolute atomic E-state index is 11.6. The molecule has 0 spiro atoms. The third-order valence-corrected chi connectivity index (χ3v) is 4.75. The van der Waals surface area contributed by atoms with Crippen LogP contribution in [-0.4, -0.2) is 42.2 Å². The molecule has 1 aliphatic heterocycles. The van der Waals surface area contributed by atoms with Crippen molar-refractivity contribution in [1.29, 1.82) is 0 Å². The van der Waals surface area contributed by atoms with E-state index in [2.05, 4.69) is 12.1 Å². The van der Waals surface area contributed by atoms with Gasteiger partial charge in [0.25, 0.3) is 0 Å². The molecule has 0 aromatic heterocycles. The van der Waals surface area contributed by atoms with Crippen molar-refractivity contribution in [2.45, 2.75) is 51.2 Å². The highest BCUT2D eigenvalue weighted by Gasteiger charge is 2.33. The molecule has 3 rings (SSSR count). The van der Waals surface area contributed by atoms with Crippen LogP contribution in [0.4, 0.5) is 0 Å². The van der Waals surface area contributed by atoms with E-state index >= 15 is 0 Å². The average molecular weight is 382 g/mol. The van der Waals surface area contributed by atoms with Crippen molar-refractivity contribution in [3.05, 3.63) is 28.8 Å². The lowest BCUT2D eigenvalue weighted by Gasteiger charge is -2.19. The smallest absolute Gasteiger partial charge is 0.344 e. The van der Waals surface area contributed by atoms with Crippen LogP contribution >= 0.6 is 11.6 Å². The van der Waals surface area contributed by atoms with Crippen molar-refractivity contribution in [2.75, 3.05) is 13.2 Å². The van der Waals surface area contributed by atoms with Crippen molar-refractivity contribution in [2.24, 2.45) is 11.1 Å². The van der Waals surface area contributed by atoms with E-state index in [0.717, 1.165) is 25.7 Å². The zero-order valence-corrected chi connectivity index (χ0v) is 15.6. The average Bonchev–Trinajstić information content (AvgIpc) is 3.31. The Morgan fingerprint density at radius 1 is 1.46 bits per heavy atom. The van der Waals surface area contributed by atoms with Gasteiger partial charge in [-0.2, -0.15) is 0 Å². The molecular weight excluding hydrogens is 358 g/mol. The van der Waals surface area contributed by atoms with Gasteiger partial charge in [-0.3, -0.25) is 0 Å². The molecule has 1 aliphatic carbocycles. The number of aliphatic carboxylic acids is 1. The summed E-state index contributed by atoms with van der Waals surface area (Å²) in [6.45, 7) is 3.04. The number of halogens is 1. The molecule has 1 aromatic carbocycles. The molecule has 0 amide bonds. The fraction of sp³-hybridized carbons (Fsp3) is 0.579. The van der Waals surface area contributed by atoms with E-state index in [1.807, 2.05) is 0 Å².